The highest BCUT2D eigenvalue weighted by molar-refractivity contribution is 7.78. The summed E-state index contributed by atoms with van der Waals surface area (Å²) in [4.78, 5) is 2.33. The van der Waals surface area contributed by atoms with E-state index in [1.807, 2.05) is 0 Å². The normalized spacial score (nSPS) is 30.7. The predicted octanol–water partition coefficient (Wildman–Crippen LogP) is 0.515. The molecule has 3 heteroatoms. The number of hydrogen-bond acceptors (Lipinski definition) is 3. The van der Waals surface area contributed by atoms with E-state index in [2.05, 4.69) is 29.5 Å². The number of thiol groups is 1. The fraction of sp³-hybridized carbons (Fsp3) is 1.00. The standard InChI is InChI=1S/C6H14N2S/c1-8-4-2-3-6(5-8)7-9/h6-7,9H,2-5H2,1H3. The molecule has 1 aliphatic heterocycles. The summed E-state index contributed by atoms with van der Waals surface area (Å²) in [6.45, 7) is 2.38. The Morgan fingerprint density at radius 1 is 1.67 bits per heavy atom. The topological polar surface area (TPSA) is 15.3 Å². The predicted molar refractivity (Wildman–Crippen MR) is 42.6 cm³/mol. The van der Waals surface area contributed by atoms with E-state index in [-0.39, 0.29) is 0 Å². The average molecular weight is 146 g/mol. The Bertz CT molecular complexity index is 87.1. The van der Waals surface area contributed by atoms with Crippen molar-refractivity contribution in [2.75, 3.05) is 20.1 Å². The van der Waals surface area contributed by atoms with E-state index in [1.54, 1.807) is 0 Å². The Labute approximate surface area is 62.2 Å². The van der Waals surface area contributed by atoms with Crippen molar-refractivity contribution >= 4 is 12.8 Å². The number of piperidine rings is 1. The molecule has 0 aliphatic carbocycles. The molecular formula is C6H14N2S. The first-order chi connectivity index (χ1) is 4.33. The smallest absolute Gasteiger partial charge is 0.0297 e. The van der Waals surface area contributed by atoms with E-state index in [0.29, 0.717) is 6.04 Å². The lowest BCUT2D eigenvalue weighted by molar-refractivity contribution is 0.245. The van der Waals surface area contributed by atoms with Gasteiger partial charge in [0.2, 0.25) is 0 Å². The molecule has 0 spiro atoms. The molecule has 0 aromatic heterocycles. The molecule has 2 nitrogen and oxygen atoms in total. The molecule has 0 radical (unpaired) electrons. The number of hydrogen-bond donors (Lipinski definition) is 2. The minimum atomic E-state index is 0.604. The third-order valence-corrected chi connectivity index (χ3v) is 2.17. The highest BCUT2D eigenvalue weighted by atomic mass is 32.1. The second kappa shape index (κ2) is 3.44. The van der Waals surface area contributed by atoms with Gasteiger partial charge in [0.1, 0.15) is 0 Å². The van der Waals surface area contributed by atoms with Crippen molar-refractivity contribution in [3.8, 4) is 0 Å². The first kappa shape index (κ1) is 7.38. The number of rotatable bonds is 1. The van der Waals surface area contributed by atoms with Gasteiger partial charge in [-0.3, -0.25) is 4.72 Å². The Morgan fingerprint density at radius 3 is 2.89 bits per heavy atom. The maximum absolute atomic E-state index is 4.03. The summed E-state index contributed by atoms with van der Waals surface area (Å²) >= 11 is 4.03. The molecule has 54 valence electrons. The van der Waals surface area contributed by atoms with Gasteiger partial charge in [0.25, 0.3) is 0 Å². The van der Waals surface area contributed by atoms with Crippen molar-refractivity contribution in [1.29, 1.82) is 0 Å². The fourth-order valence-electron chi connectivity index (χ4n) is 1.27. The lowest BCUT2D eigenvalue weighted by Gasteiger charge is -2.28. The van der Waals surface area contributed by atoms with Crippen LogP contribution in [-0.2, 0) is 0 Å². The van der Waals surface area contributed by atoms with Crippen LogP contribution in [0.3, 0.4) is 0 Å². The molecule has 0 bridgehead atoms. The van der Waals surface area contributed by atoms with Gasteiger partial charge in [0, 0.05) is 12.6 Å². The summed E-state index contributed by atoms with van der Waals surface area (Å²) in [6, 6.07) is 0.604. The van der Waals surface area contributed by atoms with Crippen LogP contribution in [0.2, 0.25) is 0 Å². The molecule has 1 aliphatic rings. The molecule has 1 unspecified atom stereocenters. The van der Waals surface area contributed by atoms with Crippen LogP contribution in [0, 0.1) is 0 Å². The van der Waals surface area contributed by atoms with Crippen LogP contribution in [0.1, 0.15) is 12.8 Å². The van der Waals surface area contributed by atoms with Gasteiger partial charge in [0.15, 0.2) is 0 Å². The van der Waals surface area contributed by atoms with Crippen molar-refractivity contribution in [3.63, 3.8) is 0 Å². The van der Waals surface area contributed by atoms with Gasteiger partial charge in [-0.05, 0) is 26.4 Å². The van der Waals surface area contributed by atoms with E-state index < -0.39 is 0 Å². The summed E-state index contributed by atoms with van der Waals surface area (Å²) in [5, 5.41) is 0. The van der Waals surface area contributed by atoms with Crippen LogP contribution in [0.15, 0.2) is 0 Å². The summed E-state index contributed by atoms with van der Waals surface area (Å²) < 4.78 is 2.99. The van der Waals surface area contributed by atoms with Gasteiger partial charge in [-0.15, -0.1) is 0 Å². The molecule has 0 aromatic rings. The first-order valence-electron chi connectivity index (χ1n) is 3.41. The van der Waals surface area contributed by atoms with Gasteiger partial charge < -0.3 is 4.90 Å². The van der Waals surface area contributed by atoms with Gasteiger partial charge in [0.05, 0.1) is 0 Å². The molecule has 1 atom stereocenters. The Balaban J connectivity index is 2.23. The summed E-state index contributed by atoms with van der Waals surface area (Å²) in [5.41, 5.74) is 0. The van der Waals surface area contributed by atoms with Crippen molar-refractivity contribution < 1.29 is 0 Å². The van der Waals surface area contributed by atoms with E-state index in [0.717, 1.165) is 6.54 Å². The maximum Gasteiger partial charge on any atom is 0.0297 e. The zero-order valence-electron chi connectivity index (χ0n) is 5.80. The molecule has 1 fully saturated rings. The van der Waals surface area contributed by atoms with Gasteiger partial charge in [-0.2, -0.15) is 0 Å². The second-order valence-electron chi connectivity index (χ2n) is 2.73. The largest absolute Gasteiger partial charge is 0.305 e. The van der Waals surface area contributed by atoms with Crippen molar-refractivity contribution in [2.24, 2.45) is 0 Å². The van der Waals surface area contributed by atoms with Crippen LogP contribution >= 0.6 is 12.8 Å². The molecule has 0 aromatic carbocycles. The molecule has 1 rings (SSSR count). The minimum Gasteiger partial charge on any atom is -0.305 e. The Morgan fingerprint density at radius 2 is 2.44 bits per heavy atom. The number of likely N-dealkylation sites (tertiary alicyclic amines) is 1. The Kier molecular flexibility index (Phi) is 2.82. The third kappa shape index (κ3) is 2.16. The SMILES string of the molecule is CN1CCCC(NS)C1. The van der Waals surface area contributed by atoms with Crippen molar-refractivity contribution in [3.05, 3.63) is 0 Å². The highest BCUT2D eigenvalue weighted by Crippen LogP contribution is 2.07. The monoisotopic (exact) mass is 146 g/mol. The van der Waals surface area contributed by atoms with Crippen molar-refractivity contribution in [2.45, 2.75) is 18.9 Å². The molecule has 0 saturated carbocycles. The van der Waals surface area contributed by atoms with Gasteiger partial charge >= 0.3 is 0 Å². The van der Waals surface area contributed by atoms with E-state index in [9.17, 15) is 0 Å². The third-order valence-electron chi connectivity index (χ3n) is 1.81. The number of likely N-dealkylation sites (N-methyl/N-ethyl adjacent to an activating group) is 1. The summed E-state index contributed by atoms with van der Waals surface area (Å²) in [6.07, 6.45) is 2.57. The van der Waals surface area contributed by atoms with Crippen LogP contribution in [0.5, 0.6) is 0 Å². The summed E-state index contributed by atoms with van der Waals surface area (Å²) in [5.74, 6) is 0. The van der Waals surface area contributed by atoms with E-state index >= 15 is 0 Å². The lowest BCUT2D eigenvalue weighted by atomic mass is 10.1. The molecule has 0 amide bonds. The Hall–Kier alpha value is 0.270. The van der Waals surface area contributed by atoms with E-state index in [1.165, 1.54) is 19.4 Å². The van der Waals surface area contributed by atoms with Crippen LogP contribution < -0.4 is 4.72 Å². The van der Waals surface area contributed by atoms with Gasteiger partial charge in [-0.1, -0.05) is 12.8 Å². The van der Waals surface area contributed by atoms with Crippen LogP contribution in [-0.4, -0.2) is 31.1 Å². The fourth-order valence-corrected chi connectivity index (χ4v) is 1.48. The first-order valence-corrected chi connectivity index (χ1v) is 3.86. The molecular weight excluding hydrogens is 132 g/mol. The highest BCUT2D eigenvalue weighted by Gasteiger charge is 2.14. The van der Waals surface area contributed by atoms with Crippen LogP contribution in [0.4, 0.5) is 0 Å². The summed E-state index contributed by atoms with van der Waals surface area (Å²) in [7, 11) is 2.15. The molecule has 9 heavy (non-hydrogen) atoms. The average Bonchev–Trinajstić information content (AvgIpc) is 1.88. The maximum atomic E-state index is 4.03. The van der Waals surface area contributed by atoms with Gasteiger partial charge in [-0.25, -0.2) is 0 Å². The molecule has 1 heterocycles. The van der Waals surface area contributed by atoms with E-state index in [4.69, 9.17) is 0 Å². The van der Waals surface area contributed by atoms with Crippen LogP contribution in [0.25, 0.3) is 0 Å². The molecule has 1 saturated heterocycles. The zero-order valence-corrected chi connectivity index (χ0v) is 6.69. The number of nitrogens with one attached hydrogen (secondary N) is 1. The number of nitrogens with zero attached hydrogens (tertiary/aromatic N) is 1. The quantitative estimate of drug-likeness (QED) is 0.524. The second-order valence-corrected chi connectivity index (χ2v) is 2.99. The lowest BCUT2D eigenvalue weighted by Crippen LogP contribution is -2.40. The van der Waals surface area contributed by atoms with Crippen molar-refractivity contribution in [1.82, 2.24) is 9.62 Å². The minimum absolute atomic E-state index is 0.604. The molecule has 1 N–H and O–H groups in total. The zero-order chi connectivity index (χ0) is 6.69.